The number of aromatic hydroxyl groups is 2. The lowest BCUT2D eigenvalue weighted by atomic mass is 10.2. The lowest BCUT2D eigenvalue weighted by molar-refractivity contribution is 0.298. The topological polar surface area (TPSA) is 49.7 Å². The van der Waals surface area contributed by atoms with Gasteiger partial charge in [0.2, 0.25) is 0 Å². The first kappa shape index (κ1) is 10.4. The van der Waals surface area contributed by atoms with Crippen LogP contribution in [-0.2, 0) is 6.61 Å². The Morgan fingerprint density at radius 2 is 1.56 bits per heavy atom. The zero-order valence-corrected chi connectivity index (χ0v) is 8.63. The van der Waals surface area contributed by atoms with Crippen LogP contribution in [0, 0.1) is 0 Å². The van der Waals surface area contributed by atoms with Gasteiger partial charge in [-0.05, 0) is 30.3 Å². The average Bonchev–Trinajstić information content (AvgIpc) is 2.30. The van der Waals surface area contributed by atoms with Gasteiger partial charge in [-0.25, -0.2) is 0 Å². The van der Waals surface area contributed by atoms with Crippen molar-refractivity contribution >= 4 is 0 Å². The largest absolute Gasteiger partial charge is 0.508 e. The molecule has 0 aliphatic rings. The lowest BCUT2D eigenvalue weighted by Gasteiger charge is -2.07. The van der Waals surface area contributed by atoms with E-state index in [0.717, 1.165) is 5.56 Å². The molecule has 3 heteroatoms. The van der Waals surface area contributed by atoms with Gasteiger partial charge in [0.1, 0.15) is 23.9 Å². The highest BCUT2D eigenvalue weighted by atomic mass is 16.5. The Bertz CT molecular complexity index is 463. The van der Waals surface area contributed by atoms with E-state index in [4.69, 9.17) is 9.84 Å². The van der Waals surface area contributed by atoms with E-state index in [1.807, 2.05) is 6.07 Å². The number of phenols is 2. The fourth-order valence-electron chi connectivity index (χ4n) is 1.34. The molecule has 0 aliphatic carbocycles. The van der Waals surface area contributed by atoms with Crippen molar-refractivity contribution in [2.24, 2.45) is 0 Å². The van der Waals surface area contributed by atoms with Gasteiger partial charge in [-0.3, -0.25) is 0 Å². The number of hydrogen-bond acceptors (Lipinski definition) is 3. The molecule has 0 bridgehead atoms. The number of ether oxygens (including phenoxy) is 1. The van der Waals surface area contributed by atoms with Gasteiger partial charge in [0, 0.05) is 5.56 Å². The zero-order valence-electron chi connectivity index (χ0n) is 8.63. The number of phenolic OH excluding ortho intramolecular Hbond substituents is 2. The molecular weight excluding hydrogens is 204 g/mol. The second-order valence-electron chi connectivity index (χ2n) is 3.41. The summed E-state index contributed by atoms with van der Waals surface area (Å²) in [4.78, 5) is 0. The Kier molecular flexibility index (Phi) is 2.96. The maximum Gasteiger partial charge on any atom is 0.122 e. The van der Waals surface area contributed by atoms with Crippen molar-refractivity contribution < 1.29 is 14.9 Å². The van der Waals surface area contributed by atoms with Crippen LogP contribution in [0.25, 0.3) is 0 Å². The fraction of sp³-hybridized carbons (Fsp3) is 0.0769. The van der Waals surface area contributed by atoms with Crippen molar-refractivity contribution in [1.82, 2.24) is 0 Å². The summed E-state index contributed by atoms with van der Waals surface area (Å²) in [5.41, 5.74) is 0.732. The molecule has 0 saturated heterocycles. The first-order valence-electron chi connectivity index (χ1n) is 4.94. The van der Waals surface area contributed by atoms with Gasteiger partial charge in [-0.15, -0.1) is 0 Å². The highest BCUT2D eigenvalue weighted by Gasteiger charge is 2.00. The normalized spacial score (nSPS) is 10.0. The summed E-state index contributed by atoms with van der Waals surface area (Å²) < 4.78 is 5.46. The molecule has 82 valence electrons. The molecule has 0 aromatic heterocycles. The Balaban J connectivity index is 2.02. The molecule has 0 spiro atoms. The van der Waals surface area contributed by atoms with E-state index in [-0.39, 0.29) is 11.5 Å². The Morgan fingerprint density at radius 1 is 0.875 bits per heavy atom. The molecule has 0 atom stereocenters. The van der Waals surface area contributed by atoms with Crippen molar-refractivity contribution in [3.8, 4) is 17.2 Å². The molecule has 0 heterocycles. The number of para-hydroxylation sites is 1. The highest BCUT2D eigenvalue weighted by molar-refractivity contribution is 5.33. The number of rotatable bonds is 3. The summed E-state index contributed by atoms with van der Waals surface area (Å²) in [5.74, 6) is 1.08. The van der Waals surface area contributed by atoms with Crippen molar-refractivity contribution in [3.05, 3.63) is 54.1 Å². The van der Waals surface area contributed by atoms with Crippen LogP contribution in [0.1, 0.15) is 5.56 Å². The molecule has 2 N–H and O–H groups in total. The molecular formula is C13H12O3. The SMILES string of the molecule is Oc1ccc(OCc2ccccc2O)cc1. The first-order valence-corrected chi connectivity index (χ1v) is 4.94. The summed E-state index contributed by atoms with van der Waals surface area (Å²) in [7, 11) is 0. The van der Waals surface area contributed by atoms with Gasteiger partial charge in [-0.2, -0.15) is 0 Å². The van der Waals surface area contributed by atoms with E-state index in [1.165, 1.54) is 0 Å². The molecule has 0 saturated carbocycles. The van der Waals surface area contributed by atoms with Crippen LogP contribution in [-0.4, -0.2) is 10.2 Å². The first-order chi connectivity index (χ1) is 7.75. The smallest absolute Gasteiger partial charge is 0.122 e. The van der Waals surface area contributed by atoms with E-state index in [1.54, 1.807) is 42.5 Å². The summed E-state index contributed by atoms with van der Waals surface area (Å²) in [6.45, 7) is 0.303. The summed E-state index contributed by atoms with van der Waals surface area (Å²) in [6, 6.07) is 13.5. The van der Waals surface area contributed by atoms with Gasteiger partial charge in [0.25, 0.3) is 0 Å². The molecule has 0 fully saturated rings. The van der Waals surface area contributed by atoms with Crippen LogP contribution in [0.15, 0.2) is 48.5 Å². The minimum atomic E-state index is 0.204. The van der Waals surface area contributed by atoms with Crippen LogP contribution in [0.3, 0.4) is 0 Å². The molecule has 16 heavy (non-hydrogen) atoms. The third-order valence-corrected chi connectivity index (χ3v) is 2.22. The van der Waals surface area contributed by atoms with E-state index in [2.05, 4.69) is 0 Å². The Labute approximate surface area is 93.6 Å². The Hall–Kier alpha value is -2.16. The lowest BCUT2D eigenvalue weighted by Crippen LogP contribution is -1.95. The minimum absolute atomic E-state index is 0.204. The van der Waals surface area contributed by atoms with Gasteiger partial charge in [-0.1, -0.05) is 18.2 Å². The quantitative estimate of drug-likeness (QED) is 0.829. The van der Waals surface area contributed by atoms with Crippen LogP contribution in [0.2, 0.25) is 0 Å². The van der Waals surface area contributed by atoms with Crippen molar-refractivity contribution in [3.63, 3.8) is 0 Å². The molecule has 2 aromatic rings. The molecule has 2 aromatic carbocycles. The fourth-order valence-corrected chi connectivity index (χ4v) is 1.34. The Morgan fingerprint density at radius 3 is 2.25 bits per heavy atom. The maximum atomic E-state index is 9.51. The number of hydrogen-bond donors (Lipinski definition) is 2. The predicted molar refractivity (Wildman–Crippen MR) is 60.5 cm³/mol. The van der Waals surface area contributed by atoms with Crippen molar-refractivity contribution in [2.75, 3.05) is 0 Å². The zero-order chi connectivity index (χ0) is 11.4. The van der Waals surface area contributed by atoms with Crippen molar-refractivity contribution in [1.29, 1.82) is 0 Å². The molecule has 3 nitrogen and oxygen atoms in total. The molecule has 0 aliphatic heterocycles. The molecule has 0 amide bonds. The molecule has 0 unspecified atom stereocenters. The van der Waals surface area contributed by atoms with Gasteiger partial charge >= 0.3 is 0 Å². The summed E-state index contributed by atoms with van der Waals surface area (Å²) >= 11 is 0. The average molecular weight is 216 g/mol. The minimum Gasteiger partial charge on any atom is -0.508 e. The van der Waals surface area contributed by atoms with Gasteiger partial charge in [0.15, 0.2) is 0 Å². The van der Waals surface area contributed by atoms with Crippen LogP contribution in [0.4, 0.5) is 0 Å². The molecule has 2 rings (SSSR count). The third-order valence-electron chi connectivity index (χ3n) is 2.22. The van der Waals surface area contributed by atoms with Crippen LogP contribution in [0.5, 0.6) is 17.2 Å². The third kappa shape index (κ3) is 2.45. The van der Waals surface area contributed by atoms with Gasteiger partial charge < -0.3 is 14.9 Å². The predicted octanol–water partition coefficient (Wildman–Crippen LogP) is 2.68. The van der Waals surface area contributed by atoms with Crippen molar-refractivity contribution in [2.45, 2.75) is 6.61 Å². The summed E-state index contributed by atoms with van der Waals surface area (Å²) in [5, 5.41) is 18.6. The standard InChI is InChI=1S/C13H12O3/c14-11-5-7-12(8-6-11)16-9-10-3-1-2-4-13(10)15/h1-8,14-15H,9H2. The van der Waals surface area contributed by atoms with E-state index < -0.39 is 0 Å². The number of benzene rings is 2. The van der Waals surface area contributed by atoms with Gasteiger partial charge in [0.05, 0.1) is 0 Å². The van der Waals surface area contributed by atoms with Crippen LogP contribution >= 0.6 is 0 Å². The second kappa shape index (κ2) is 4.57. The highest BCUT2D eigenvalue weighted by Crippen LogP contribution is 2.20. The monoisotopic (exact) mass is 216 g/mol. The maximum absolute atomic E-state index is 9.51. The van der Waals surface area contributed by atoms with E-state index >= 15 is 0 Å². The summed E-state index contributed by atoms with van der Waals surface area (Å²) in [6.07, 6.45) is 0. The second-order valence-corrected chi connectivity index (χ2v) is 3.41. The van der Waals surface area contributed by atoms with Crippen LogP contribution < -0.4 is 4.74 Å². The van der Waals surface area contributed by atoms with E-state index in [9.17, 15) is 5.11 Å². The van der Waals surface area contributed by atoms with E-state index in [0.29, 0.717) is 12.4 Å². The molecule has 0 radical (unpaired) electrons.